The van der Waals surface area contributed by atoms with Crippen LogP contribution in [0, 0.1) is 5.41 Å². The molecule has 2 aliphatic rings. The highest BCUT2D eigenvalue weighted by atomic mass is 16.2. The molecule has 0 aromatic heterocycles. The van der Waals surface area contributed by atoms with E-state index in [-0.39, 0.29) is 10.8 Å². The average Bonchev–Trinajstić information content (AvgIpc) is 2.76. The van der Waals surface area contributed by atoms with Gasteiger partial charge in [0, 0.05) is 12.2 Å². The maximum Gasteiger partial charge on any atom is 0.233 e. The van der Waals surface area contributed by atoms with Crippen LogP contribution in [0.1, 0.15) is 64.9 Å². The minimum absolute atomic E-state index is 0.0268. The number of benzene rings is 1. The SMILES string of the molecule is CC(C)(C)c1ccc(N2CCC3(CCCCC3)C2=O)cc1. The molecule has 3 rings (SSSR count). The van der Waals surface area contributed by atoms with Gasteiger partial charge >= 0.3 is 0 Å². The number of nitrogens with zero attached hydrogens (tertiary/aromatic N) is 1. The Hall–Kier alpha value is -1.31. The Morgan fingerprint density at radius 2 is 1.57 bits per heavy atom. The highest BCUT2D eigenvalue weighted by Crippen LogP contribution is 2.46. The molecule has 1 saturated heterocycles. The fourth-order valence-corrected chi connectivity index (χ4v) is 3.90. The number of carbonyl (C=O) groups excluding carboxylic acids is 1. The zero-order chi connectivity index (χ0) is 15.1. The highest BCUT2D eigenvalue weighted by molar-refractivity contribution is 5.99. The van der Waals surface area contributed by atoms with Crippen molar-refractivity contribution < 1.29 is 4.79 Å². The molecule has 0 bridgehead atoms. The van der Waals surface area contributed by atoms with Crippen LogP contribution in [0.2, 0.25) is 0 Å². The van der Waals surface area contributed by atoms with Crippen LogP contribution in [0.25, 0.3) is 0 Å². The molecule has 0 unspecified atom stereocenters. The van der Waals surface area contributed by atoms with Crippen molar-refractivity contribution in [3.63, 3.8) is 0 Å². The maximum atomic E-state index is 12.9. The van der Waals surface area contributed by atoms with Crippen molar-refractivity contribution >= 4 is 11.6 Å². The van der Waals surface area contributed by atoms with E-state index in [1.807, 2.05) is 4.90 Å². The van der Waals surface area contributed by atoms with Crippen LogP contribution in [0.5, 0.6) is 0 Å². The van der Waals surface area contributed by atoms with E-state index in [9.17, 15) is 4.79 Å². The quantitative estimate of drug-likeness (QED) is 0.734. The van der Waals surface area contributed by atoms with Gasteiger partial charge in [0.15, 0.2) is 0 Å². The molecule has 2 nitrogen and oxygen atoms in total. The second-order valence-electron chi connectivity index (χ2n) is 7.84. The summed E-state index contributed by atoms with van der Waals surface area (Å²) in [6.07, 6.45) is 7.00. The molecule has 1 aliphatic carbocycles. The van der Waals surface area contributed by atoms with Crippen molar-refractivity contribution in [1.82, 2.24) is 0 Å². The van der Waals surface area contributed by atoms with Gasteiger partial charge in [0.1, 0.15) is 0 Å². The standard InChI is InChI=1S/C19H27NO/c1-18(2,3)15-7-9-16(10-8-15)20-14-13-19(17(20)21)11-5-4-6-12-19/h7-10H,4-6,11-14H2,1-3H3. The van der Waals surface area contributed by atoms with Crippen LogP contribution in [0.3, 0.4) is 0 Å². The van der Waals surface area contributed by atoms with Gasteiger partial charge in [-0.25, -0.2) is 0 Å². The topological polar surface area (TPSA) is 20.3 Å². The first kappa shape index (κ1) is 14.6. The van der Waals surface area contributed by atoms with Crippen LogP contribution >= 0.6 is 0 Å². The van der Waals surface area contributed by atoms with Crippen LogP contribution in [-0.2, 0) is 10.2 Å². The van der Waals surface area contributed by atoms with Crippen molar-refractivity contribution in [3.8, 4) is 0 Å². The van der Waals surface area contributed by atoms with E-state index in [1.165, 1.54) is 24.8 Å². The van der Waals surface area contributed by atoms with E-state index in [1.54, 1.807) is 0 Å². The van der Waals surface area contributed by atoms with Gasteiger partial charge in [0.2, 0.25) is 5.91 Å². The van der Waals surface area contributed by atoms with E-state index < -0.39 is 0 Å². The normalized spacial score (nSPS) is 22.0. The van der Waals surface area contributed by atoms with Crippen LogP contribution in [0.4, 0.5) is 5.69 Å². The number of anilines is 1. The summed E-state index contributed by atoms with van der Waals surface area (Å²) >= 11 is 0. The predicted octanol–water partition coefficient (Wildman–Crippen LogP) is 4.67. The van der Waals surface area contributed by atoms with Crippen molar-refractivity contribution in [3.05, 3.63) is 29.8 Å². The summed E-state index contributed by atoms with van der Waals surface area (Å²) in [6, 6.07) is 8.60. The van der Waals surface area contributed by atoms with E-state index >= 15 is 0 Å². The highest BCUT2D eigenvalue weighted by Gasteiger charge is 2.47. The van der Waals surface area contributed by atoms with Gasteiger partial charge in [-0.05, 0) is 42.4 Å². The number of amides is 1. The lowest BCUT2D eigenvalue weighted by molar-refractivity contribution is -0.127. The Morgan fingerprint density at radius 3 is 2.14 bits per heavy atom. The fourth-order valence-electron chi connectivity index (χ4n) is 3.90. The van der Waals surface area contributed by atoms with Crippen molar-refractivity contribution in [2.24, 2.45) is 5.41 Å². The molecular weight excluding hydrogens is 258 g/mol. The monoisotopic (exact) mass is 285 g/mol. The summed E-state index contributed by atoms with van der Waals surface area (Å²) < 4.78 is 0. The number of carbonyl (C=O) groups is 1. The Morgan fingerprint density at radius 1 is 0.952 bits per heavy atom. The second kappa shape index (κ2) is 5.15. The first-order valence-electron chi connectivity index (χ1n) is 8.35. The molecule has 0 N–H and O–H groups in total. The van der Waals surface area contributed by atoms with Crippen molar-refractivity contribution in [2.75, 3.05) is 11.4 Å². The third-order valence-electron chi connectivity index (χ3n) is 5.37. The third-order valence-corrected chi connectivity index (χ3v) is 5.37. The Bertz CT molecular complexity index is 517. The predicted molar refractivity (Wildman–Crippen MR) is 87.6 cm³/mol. The molecule has 1 spiro atoms. The van der Waals surface area contributed by atoms with Crippen molar-refractivity contribution in [2.45, 2.75) is 64.7 Å². The lowest BCUT2D eigenvalue weighted by Gasteiger charge is -2.31. The zero-order valence-corrected chi connectivity index (χ0v) is 13.6. The summed E-state index contributed by atoms with van der Waals surface area (Å²) in [5.41, 5.74) is 2.54. The lowest BCUT2D eigenvalue weighted by atomic mass is 9.73. The van der Waals surface area contributed by atoms with Gasteiger partial charge in [0.25, 0.3) is 0 Å². The fraction of sp³-hybridized carbons (Fsp3) is 0.632. The smallest absolute Gasteiger partial charge is 0.233 e. The molecule has 2 heteroatoms. The summed E-state index contributed by atoms with van der Waals surface area (Å²) in [5, 5.41) is 0. The van der Waals surface area contributed by atoms with E-state index in [2.05, 4.69) is 45.0 Å². The van der Waals surface area contributed by atoms with E-state index in [4.69, 9.17) is 0 Å². The largest absolute Gasteiger partial charge is 0.312 e. The van der Waals surface area contributed by atoms with Gasteiger partial charge < -0.3 is 4.90 Å². The number of hydrogen-bond acceptors (Lipinski definition) is 1. The zero-order valence-electron chi connectivity index (χ0n) is 13.6. The van der Waals surface area contributed by atoms with Crippen LogP contribution < -0.4 is 4.90 Å². The molecule has 21 heavy (non-hydrogen) atoms. The van der Waals surface area contributed by atoms with Gasteiger partial charge in [-0.1, -0.05) is 52.2 Å². The summed E-state index contributed by atoms with van der Waals surface area (Å²) in [5.74, 6) is 0.380. The van der Waals surface area contributed by atoms with Gasteiger partial charge in [-0.3, -0.25) is 4.79 Å². The number of rotatable bonds is 1. The van der Waals surface area contributed by atoms with Crippen LogP contribution in [-0.4, -0.2) is 12.5 Å². The first-order chi connectivity index (χ1) is 9.92. The molecule has 1 aliphatic heterocycles. The van der Waals surface area contributed by atoms with Crippen molar-refractivity contribution in [1.29, 1.82) is 0 Å². The van der Waals surface area contributed by atoms with E-state index in [0.717, 1.165) is 31.5 Å². The molecule has 1 aromatic rings. The minimum atomic E-state index is -0.0268. The summed E-state index contributed by atoms with van der Waals surface area (Å²) in [7, 11) is 0. The Kier molecular flexibility index (Phi) is 3.59. The first-order valence-corrected chi connectivity index (χ1v) is 8.35. The molecule has 1 amide bonds. The Balaban J connectivity index is 1.80. The summed E-state index contributed by atoms with van der Waals surface area (Å²) in [4.78, 5) is 14.9. The molecule has 1 aromatic carbocycles. The van der Waals surface area contributed by atoms with Gasteiger partial charge in [-0.15, -0.1) is 0 Å². The lowest BCUT2D eigenvalue weighted by Crippen LogP contribution is -2.36. The van der Waals surface area contributed by atoms with Gasteiger partial charge in [0.05, 0.1) is 5.41 Å². The molecule has 2 fully saturated rings. The van der Waals surface area contributed by atoms with Crippen LogP contribution in [0.15, 0.2) is 24.3 Å². The maximum absolute atomic E-state index is 12.9. The molecule has 0 atom stereocenters. The molecule has 0 radical (unpaired) electrons. The number of hydrogen-bond donors (Lipinski definition) is 0. The molecular formula is C19H27NO. The molecule has 114 valence electrons. The third kappa shape index (κ3) is 2.61. The van der Waals surface area contributed by atoms with E-state index in [0.29, 0.717) is 5.91 Å². The Labute approximate surface area is 128 Å². The van der Waals surface area contributed by atoms with Gasteiger partial charge in [-0.2, -0.15) is 0 Å². The minimum Gasteiger partial charge on any atom is -0.312 e. The second-order valence-corrected chi connectivity index (χ2v) is 7.84. The molecule has 1 heterocycles. The molecule has 1 saturated carbocycles. The average molecular weight is 285 g/mol. The summed E-state index contributed by atoms with van der Waals surface area (Å²) in [6.45, 7) is 7.56.